The monoisotopic (exact) mass is 283 g/mol. The van der Waals surface area contributed by atoms with Gasteiger partial charge in [-0.15, -0.1) is 0 Å². The van der Waals surface area contributed by atoms with Gasteiger partial charge in [-0.05, 0) is 6.42 Å². The quantitative estimate of drug-likeness (QED) is 0.628. The van der Waals surface area contributed by atoms with Crippen LogP contribution in [0.5, 0.6) is 0 Å². The zero-order chi connectivity index (χ0) is 14.8. The van der Waals surface area contributed by atoms with Gasteiger partial charge in [0.15, 0.2) is 0 Å². The average Bonchev–Trinajstić information content (AvgIpc) is 2.46. The van der Waals surface area contributed by atoms with Crippen molar-refractivity contribution in [2.24, 2.45) is 5.73 Å². The van der Waals surface area contributed by atoms with Crippen molar-refractivity contribution < 1.29 is 9.59 Å². The van der Waals surface area contributed by atoms with Crippen LogP contribution < -0.4 is 11.1 Å². The number of amides is 2. The zero-order valence-electron chi connectivity index (χ0n) is 12.7. The standard InChI is InChI=1S/C15H29N3O2/c1-2-3-4-5-6-7-8-9-14(19)18-11-10-17-12-13(18)15(16)20/h13,17H,2-12H2,1H3,(H2,16,20). The molecular formula is C15H29N3O2. The van der Waals surface area contributed by atoms with Gasteiger partial charge in [-0.3, -0.25) is 9.59 Å². The predicted octanol–water partition coefficient (Wildman–Crippen LogP) is 1.41. The van der Waals surface area contributed by atoms with E-state index in [2.05, 4.69) is 12.2 Å². The van der Waals surface area contributed by atoms with Crippen molar-refractivity contribution in [2.75, 3.05) is 19.6 Å². The fourth-order valence-corrected chi connectivity index (χ4v) is 2.63. The lowest BCUT2D eigenvalue weighted by molar-refractivity contribution is -0.140. The molecule has 1 rings (SSSR count). The van der Waals surface area contributed by atoms with E-state index >= 15 is 0 Å². The molecule has 1 saturated heterocycles. The van der Waals surface area contributed by atoms with E-state index in [1.165, 1.54) is 32.1 Å². The number of nitrogens with two attached hydrogens (primary N) is 1. The van der Waals surface area contributed by atoms with Gasteiger partial charge >= 0.3 is 0 Å². The maximum atomic E-state index is 12.1. The van der Waals surface area contributed by atoms with Gasteiger partial charge in [-0.1, -0.05) is 45.4 Å². The Morgan fingerprint density at radius 2 is 1.80 bits per heavy atom. The molecule has 0 spiro atoms. The van der Waals surface area contributed by atoms with Crippen molar-refractivity contribution in [3.63, 3.8) is 0 Å². The Hall–Kier alpha value is -1.10. The first-order valence-electron chi connectivity index (χ1n) is 7.96. The Kier molecular flexibility index (Phi) is 8.26. The van der Waals surface area contributed by atoms with Crippen LogP contribution >= 0.6 is 0 Å². The van der Waals surface area contributed by atoms with Crippen molar-refractivity contribution >= 4 is 11.8 Å². The molecule has 20 heavy (non-hydrogen) atoms. The Labute approximate surface area is 122 Å². The van der Waals surface area contributed by atoms with Crippen LogP contribution in [0.15, 0.2) is 0 Å². The van der Waals surface area contributed by atoms with E-state index in [0.29, 0.717) is 19.5 Å². The van der Waals surface area contributed by atoms with E-state index in [9.17, 15) is 9.59 Å². The highest BCUT2D eigenvalue weighted by atomic mass is 16.2. The summed E-state index contributed by atoms with van der Waals surface area (Å²) in [5, 5.41) is 3.10. The molecule has 5 nitrogen and oxygen atoms in total. The third kappa shape index (κ3) is 5.90. The van der Waals surface area contributed by atoms with Crippen molar-refractivity contribution in [3.05, 3.63) is 0 Å². The first-order valence-corrected chi connectivity index (χ1v) is 7.96. The van der Waals surface area contributed by atoms with Gasteiger partial charge in [0.25, 0.3) is 0 Å². The molecule has 5 heteroatoms. The Bertz CT molecular complexity index is 307. The molecule has 1 fully saturated rings. The fourth-order valence-electron chi connectivity index (χ4n) is 2.63. The molecule has 0 saturated carbocycles. The summed E-state index contributed by atoms with van der Waals surface area (Å²) in [7, 11) is 0. The smallest absolute Gasteiger partial charge is 0.241 e. The second-order valence-corrected chi connectivity index (χ2v) is 5.58. The van der Waals surface area contributed by atoms with E-state index in [-0.39, 0.29) is 5.91 Å². The first-order chi connectivity index (χ1) is 9.66. The molecule has 116 valence electrons. The first kappa shape index (κ1) is 17.0. The number of primary amides is 1. The van der Waals surface area contributed by atoms with Gasteiger partial charge < -0.3 is 16.0 Å². The van der Waals surface area contributed by atoms with Crippen molar-refractivity contribution in [1.82, 2.24) is 10.2 Å². The maximum absolute atomic E-state index is 12.1. The third-order valence-electron chi connectivity index (χ3n) is 3.89. The Morgan fingerprint density at radius 3 is 2.45 bits per heavy atom. The highest BCUT2D eigenvalue weighted by molar-refractivity contribution is 5.87. The molecule has 1 unspecified atom stereocenters. The molecule has 2 amide bonds. The minimum atomic E-state index is -0.471. The summed E-state index contributed by atoms with van der Waals surface area (Å²) >= 11 is 0. The van der Waals surface area contributed by atoms with E-state index in [1.54, 1.807) is 4.90 Å². The number of rotatable bonds is 9. The summed E-state index contributed by atoms with van der Waals surface area (Å²) in [5.41, 5.74) is 5.35. The number of carbonyl (C=O) groups is 2. The number of hydrogen-bond acceptors (Lipinski definition) is 3. The number of unbranched alkanes of at least 4 members (excludes halogenated alkanes) is 6. The molecule has 1 heterocycles. The van der Waals surface area contributed by atoms with Gasteiger partial charge in [0.2, 0.25) is 11.8 Å². The van der Waals surface area contributed by atoms with Gasteiger partial charge in [0, 0.05) is 26.1 Å². The molecule has 1 aliphatic heterocycles. The van der Waals surface area contributed by atoms with Gasteiger partial charge in [0.05, 0.1) is 0 Å². The van der Waals surface area contributed by atoms with Crippen molar-refractivity contribution in [3.8, 4) is 0 Å². The molecule has 1 atom stereocenters. The molecule has 0 aromatic heterocycles. The van der Waals surface area contributed by atoms with Crippen LogP contribution in [0.1, 0.15) is 58.3 Å². The van der Waals surface area contributed by atoms with E-state index in [0.717, 1.165) is 19.4 Å². The number of piperazine rings is 1. The molecule has 0 radical (unpaired) electrons. The lowest BCUT2D eigenvalue weighted by Crippen LogP contribution is -2.58. The fraction of sp³-hybridized carbons (Fsp3) is 0.867. The van der Waals surface area contributed by atoms with Crippen molar-refractivity contribution in [2.45, 2.75) is 64.3 Å². The van der Waals surface area contributed by atoms with Crippen molar-refractivity contribution in [1.29, 1.82) is 0 Å². The Balaban J connectivity index is 2.19. The van der Waals surface area contributed by atoms with Crippen LogP contribution in [0.25, 0.3) is 0 Å². The van der Waals surface area contributed by atoms with Crippen LogP contribution in [0.4, 0.5) is 0 Å². The molecule has 0 aromatic carbocycles. The molecular weight excluding hydrogens is 254 g/mol. The van der Waals surface area contributed by atoms with E-state index in [1.807, 2.05) is 0 Å². The van der Waals surface area contributed by atoms with Crippen LogP contribution in [0.3, 0.4) is 0 Å². The second-order valence-electron chi connectivity index (χ2n) is 5.58. The molecule has 1 aliphatic rings. The van der Waals surface area contributed by atoms with Crippen LogP contribution in [0.2, 0.25) is 0 Å². The summed E-state index contributed by atoms with van der Waals surface area (Å²) in [6, 6.07) is -0.471. The number of carbonyl (C=O) groups excluding carboxylic acids is 2. The summed E-state index contributed by atoms with van der Waals surface area (Å²) in [5.74, 6) is -0.339. The molecule has 0 aliphatic carbocycles. The lowest BCUT2D eigenvalue weighted by Gasteiger charge is -2.34. The minimum absolute atomic E-state index is 0.0730. The van der Waals surface area contributed by atoms with Crippen LogP contribution in [0, 0.1) is 0 Å². The predicted molar refractivity (Wildman–Crippen MR) is 80.2 cm³/mol. The topological polar surface area (TPSA) is 75.4 Å². The highest BCUT2D eigenvalue weighted by Crippen LogP contribution is 2.11. The number of nitrogens with one attached hydrogen (secondary N) is 1. The van der Waals surface area contributed by atoms with E-state index in [4.69, 9.17) is 5.73 Å². The van der Waals surface area contributed by atoms with Crippen LogP contribution in [-0.2, 0) is 9.59 Å². The zero-order valence-corrected chi connectivity index (χ0v) is 12.7. The lowest BCUT2D eigenvalue weighted by atomic mass is 10.1. The maximum Gasteiger partial charge on any atom is 0.241 e. The molecule has 3 N–H and O–H groups in total. The summed E-state index contributed by atoms with van der Waals surface area (Å²) in [6.45, 7) is 4.02. The normalized spacial score (nSPS) is 19.1. The summed E-state index contributed by atoms with van der Waals surface area (Å²) in [4.78, 5) is 25.1. The SMILES string of the molecule is CCCCCCCCCC(=O)N1CCNCC1C(N)=O. The summed E-state index contributed by atoms with van der Waals surface area (Å²) in [6.07, 6.45) is 8.89. The van der Waals surface area contributed by atoms with Crippen LogP contribution in [-0.4, -0.2) is 42.4 Å². The average molecular weight is 283 g/mol. The second kappa shape index (κ2) is 9.75. The minimum Gasteiger partial charge on any atom is -0.368 e. The summed E-state index contributed by atoms with van der Waals surface area (Å²) < 4.78 is 0. The van der Waals surface area contributed by atoms with Gasteiger partial charge in [-0.2, -0.15) is 0 Å². The molecule has 0 aromatic rings. The number of nitrogens with zero attached hydrogens (tertiary/aromatic N) is 1. The third-order valence-corrected chi connectivity index (χ3v) is 3.89. The van der Waals surface area contributed by atoms with Gasteiger partial charge in [-0.25, -0.2) is 0 Å². The Morgan fingerprint density at radius 1 is 1.15 bits per heavy atom. The molecule has 0 bridgehead atoms. The number of hydrogen-bond donors (Lipinski definition) is 2. The highest BCUT2D eigenvalue weighted by Gasteiger charge is 2.29. The largest absolute Gasteiger partial charge is 0.368 e. The van der Waals surface area contributed by atoms with Gasteiger partial charge in [0.1, 0.15) is 6.04 Å². The van der Waals surface area contributed by atoms with E-state index < -0.39 is 11.9 Å².